The molecule has 2 fully saturated rings. The SMILES string of the molecule is CC(=O)N1CCN(CC2(O)CCCN(Cc3ccc(C(C)C)cc3)C2=O)CC1. The normalized spacial score (nSPS) is 24.1. The van der Waals surface area contributed by atoms with Gasteiger partial charge < -0.3 is 14.9 Å². The Morgan fingerprint density at radius 2 is 1.75 bits per heavy atom. The third kappa shape index (κ3) is 4.73. The number of benzene rings is 1. The van der Waals surface area contributed by atoms with Crippen molar-refractivity contribution in [2.75, 3.05) is 39.3 Å². The number of hydrogen-bond acceptors (Lipinski definition) is 4. The van der Waals surface area contributed by atoms with Crippen LogP contribution in [0.1, 0.15) is 50.7 Å². The third-order valence-electron chi connectivity index (χ3n) is 6.03. The summed E-state index contributed by atoms with van der Waals surface area (Å²) in [7, 11) is 0. The summed E-state index contributed by atoms with van der Waals surface area (Å²) >= 11 is 0. The van der Waals surface area contributed by atoms with Crippen molar-refractivity contribution in [1.29, 1.82) is 0 Å². The van der Waals surface area contributed by atoms with E-state index >= 15 is 0 Å². The highest BCUT2D eigenvalue weighted by molar-refractivity contribution is 5.86. The Morgan fingerprint density at radius 3 is 2.32 bits per heavy atom. The predicted molar refractivity (Wildman–Crippen MR) is 109 cm³/mol. The standard InChI is InChI=1S/C22H33N3O3/c1-17(2)20-7-5-19(6-8-20)15-25-10-4-9-22(28,21(25)27)16-23-11-13-24(14-12-23)18(3)26/h5-8,17,28H,4,9-16H2,1-3H3. The Labute approximate surface area is 168 Å². The molecular formula is C22H33N3O3. The van der Waals surface area contributed by atoms with Crippen LogP contribution in [0, 0.1) is 0 Å². The first-order valence-electron chi connectivity index (χ1n) is 10.4. The van der Waals surface area contributed by atoms with Gasteiger partial charge in [0.25, 0.3) is 5.91 Å². The molecule has 1 unspecified atom stereocenters. The molecule has 3 rings (SSSR count). The first-order valence-corrected chi connectivity index (χ1v) is 10.4. The summed E-state index contributed by atoms with van der Waals surface area (Å²) in [6.45, 7) is 10.2. The lowest BCUT2D eigenvalue weighted by Gasteiger charge is -2.43. The summed E-state index contributed by atoms with van der Waals surface area (Å²) < 4.78 is 0. The van der Waals surface area contributed by atoms with Crippen molar-refractivity contribution >= 4 is 11.8 Å². The second-order valence-electron chi connectivity index (χ2n) is 8.54. The molecule has 2 aliphatic rings. The highest BCUT2D eigenvalue weighted by Gasteiger charge is 2.43. The molecule has 1 N–H and O–H groups in total. The molecule has 0 spiro atoms. The molecule has 2 amide bonds. The lowest BCUT2D eigenvalue weighted by atomic mass is 9.90. The average Bonchev–Trinajstić information content (AvgIpc) is 2.66. The number of β-amino-alcohol motifs (C(OH)–C–C–N with tert-alkyl or cyclic N) is 1. The van der Waals surface area contributed by atoms with Crippen LogP contribution in [0.3, 0.4) is 0 Å². The largest absolute Gasteiger partial charge is 0.379 e. The number of carbonyl (C=O) groups excluding carboxylic acids is 2. The average molecular weight is 388 g/mol. The summed E-state index contributed by atoms with van der Waals surface area (Å²) in [5, 5.41) is 11.1. The number of hydrogen-bond donors (Lipinski definition) is 1. The zero-order valence-electron chi connectivity index (χ0n) is 17.4. The van der Waals surface area contributed by atoms with Crippen molar-refractivity contribution in [2.45, 2.75) is 51.7 Å². The Bertz CT molecular complexity index is 695. The van der Waals surface area contributed by atoms with Crippen molar-refractivity contribution in [1.82, 2.24) is 14.7 Å². The van der Waals surface area contributed by atoms with Crippen molar-refractivity contribution in [2.24, 2.45) is 0 Å². The van der Waals surface area contributed by atoms with Crippen LogP contribution in [-0.4, -0.2) is 76.5 Å². The highest BCUT2D eigenvalue weighted by atomic mass is 16.3. The lowest BCUT2D eigenvalue weighted by Crippen LogP contribution is -2.60. The van der Waals surface area contributed by atoms with E-state index in [0.29, 0.717) is 58.2 Å². The minimum absolute atomic E-state index is 0.0850. The lowest BCUT2D eigenvalue weighted by molar-refractivity contribution is -0.161. The minimum Gasteiger partial charge on any atom is -0.379 e. The number of piperazine rings is 1. The van der Waals surface area contributed by atoms with Gasteiger partial charge in [0.2, 0.25) is 5.91 Å². The highest BCUT2D eigenvalue weighted by Crippen LogP contribution is 2.26. The maximum absolute atomic E-state index is 13.1. The first-order chi connectivity index (χ1) is 13.3. The Morgan fingerprint density at radius 1 is 1.11 bits per heavy atom. The fourth-order valence-electron chi connectivity index (χ4n) is 4.18. The van der Waals surface area contributed by atoms with Crippen LogP contribution in [0.4, 0.5) is 0 Å². The van der Waals surface area contributed by atoms with Gasteiger partial charge in [-0.15, -0.1) is 0 Å². The molecule has 1 aromatic rings. The Hall–Kier alpha value is -1.92. The maximum atomic E-state index is 13.1. The molecule has 2 saturated heterocycles. The molecule has 0 radical (unpaired) electrons. The van der Waals surface area contributed by atoms with Crippen LogP contribution in [-0.2, 0) is 16.1 Å². The fourth-order valence-corrected chi connectivity index (χ4v) is 4.18. The molecule has 2 heterocycles. The Kier molecular flexibility index (Phi) is 6.40. The summed E-state index contributed by atoms with van der Waals surface area (Å²) in [5.74, 6) is 0.404. The monoisotopic (exact) mass is 387 g/mol. The van der Waals surface area contributed by atoms with Gasteiger partial charge in [-0.3, -0.25) is 14.5 Å². The van der Waals surface area contributed by atoms with Gasteiger partial charge in [0, 0.05) is 52.7 Å². The molecule has 28 heavy (non-hydrogen) atoms. The maximum Gasteiger partial charge on any atom is 0.256 e. The van der Waals surface area contributed by atoms with Gasteiger partial charge in [-0.1, -0.05) is 38.1 Å². The number of rotatable bonds is 5. The van der Waals surface area contributed by atoms with Crippen molar-refractivity contribution in [3.05, 3.63) is 35.4 Å². The van der Waals surface area contributed by atoms with Gasteiger partial charge in [-0.2, -0.15) is 0 Å². The van der Waals surface area contributed by atoms with Crippen LogP contribution in [0.5, 0.6) is 0 Å². The van der Waals surface area contributed by atoms with Crippen molar-refractivity contribution < 1.29 is 14.7 Å². The minimum atomic E-state index is -1.32. The number of likely N-dealkylation sites (tertiary alicyclic amines) is 1. The molecule has 0 aliphatic carbocycles. The zero-order valence-corrected chi connectivity index (χ0v) is 17.4. The van der Waals surface area contributed by atoms with E-state index in [1.807, 2.05) is 4.90 Å². The molecule has 0 aromatic heterocycles. The quantitative estimate of drug-likeness (QED) is 0.837. The molecule has 1 atom stereocenters. The summed E-state index contributed by atoms with van der Waals surface area (Å²) in [6, 6.07) is 8.40. The van der Waals surface area contributed by atoms with Gasteiger partial charge >= 0.3 is 0 Å². The molecule has 2 aliphatic heterocycles. The number of aliphatic hydroxyl groups is 1. The van der Waals surface area contributed by atoms with E-state index < -0.39 is 5.60 Å². The van der Waals surface area contributed by atoms with E-state index in [4.69, 9.17) is 0 Å². The van der Waals surface area contributed by atoms with Gasteiger partial charge in [0.15, 0.2) is 5.60 Å². The van der Waals surface area contributed by atoms with E-state index in [0.717, 1.165) is 12.0 Å². The van der Waals surface area contributed by atoms with Gasteiger partial charge in [-0.25, -0.2) is 0 Å². The van der Waals surface area contributed by atoms with E-state index in [1.54, 1.807) is 11.8 Å². The summed E-state index contributed by atoms with van der Waals surface area (Å²) in [6.07, 6.45) is 1.31. The van der Waals surface area contributed by atoms with Crippen molar-refractivity contribution in [3.8, 4) is 0 Å². The topological polar surface area (TPSA) is 64.1 Å². The van der Waals surface area contributed by atoms with E-state index in [-0.39, 0.29) is 11.8 Å². The van der Waals surface area contributed by atoms with Gasteiger partial charge in [0.1, 0.15) is 0 Å². The molecular weight excluding hydrogens is 354 g/mol. The molecule has 154 valence electrons. The number of carbonyl (C=O) groups is 2. The van der Waals surface area contributed by atoms with E-state index in [9.17, 15) is 14.7 Å². The van der Waals surface area contributed by atoms with Gasteiger partial charge in [0.05, 0.1) is 0 Å². The molecule has 0 saturated carbocycles. The fraction of sp³-hybridized carbons (Fsp3) is 0.636. The smallest absolute Gasteiger partial charge is 0.256 e. The second-order valence-corrected chi connectivity index (χ2v) is 8.54. The Balaban J connectivity index is 1.60. The molecule has 1 aromatic carbocycles. The van der Waals surface area contributed by atoms with Crippen LogP contribution < -0.4 is 0 Å². The number of piperidine rings is 1. The second kappa shape index (κ2) is 8.62. The first kappa shape index (κ1) is 20.8. The van der Waals surface area contributed by atoms with Crippen LogP contribution in [0.25, 0.3) is 0 Å². The van der Waals surface area contributed by atoms with Crippen LogP contribution in [0.15, 0.2) is 24.3 Å². The molecule has 6 heteroatoms. The molecule has 0 bridgehead atoms. The van der Waals surface area contributed by atoms with Gasteiger partial charge in [-0.05, 0) is 29.9 Å². The predicted octanol–water partition coefficient (Wildman–Crippen LogP) is 1.83. The third-order valence-corrected chi connectivity index (χ3v) is 6.03. The zero-order chi connectivity index (χ0) is 20.3. The van der Waals surface area contributed by atoms with Crippen LogP contribution >= 0.6 is 0 Å². The summed E-state index contributed by atoms with van der Waals surface area (Å²) in [5.41, 5.74) is 1.06. The number of nitrogens with zero attached hydrogens (tertiary/aromatic N) is 3. The van der Waals surface area contributed by atoms with Crippen LogP contribution in [0.2, 0.25) is 0 Å². The van der Waals surface area contributed by atoms with Crippen molar-refractivity contribution in [3.63, 3.8) is 0 Å². The summed E-state index contributed by atoms with van der Waals surface area (Å²) in [4.78, 5) is 30.3. The van der Waals surface area contributed by atoms with E-state index in [2.05, 4.69) is 43.0 Å². The molecule has 6 nitrogen and oxygen atoms in total. The van der Waals surface area contributed by atoms with E-state index in [1.165, 1.54) is 5.56 Å². The number of amides is 2.